The van der Waals surface area contributed by atoms with Gasteiger partial charge < -0.3 is 10.1 Å². The molecule has 0 bridgehead atoms. The number of pyridine rings is 1. The van der Waals surface area contributed by atoms with Crippen LogP contribution in [-0.2, 0) is 11.3 Å². The average Bonchev–Trinajstić information content (AvgIpc) is 2.52. The molecule has 2 aromatic rings. The van der Waals surface area contributed by atoms with Crippen molar-refractivity contribution in [2.75, 3.05) is 7.11 Å². The minimum absolute atomic E-state index is 0.211. The van der Waals surface area contributed by atoms with Crippen molar-refractivity contribution in [3.8, 4) is 0 Å². The third-order valence-electron chi connectivity index (χ3n) is 3.22. The minimum Gasteiger partial charge on any atom is -0.464 e. The summed E-state index contributed by atoms with van der Waals surface area (Å²) >= 11 is 0. The summed E-state index contributed by atoms with van der Waals surface area (Å²) in [6.45, 7) is 2.10. The second kappa shape index (κ2) is 7.09. The van der Waals surface area contributed by atoms with Crippen molar-refractivity contribution >= 4 is 5.97 Å². The number of rotatable bonds is 5. The Kier molecular flexibility index (Phi) is 5.16. The Labute approximate surface area is 127 Å². The lowest BCUT2D eigenvalue weighted by Gasteiger charge is -2.15. The molecule has 0 saturated heterocycles. The van der Waals surface area contributed by atoms with Gasteiger partial charge in [0.2, 0.25) is 0 Å². The van der Waals surface area contributed by atoms with Gasteiger partial charge in [-0.2, -0.15) is 0 Å². The molecular formula is C16H16F2N2O2. The van der Waals surface area contributed by atoms with Gasteiger partial charge in [-0.1, -0.05) is 12.1 Å². The summed E-state index contributed by atoms with van der Waals surface area (Å²) < 4.78 is 31.2. The highest BCUT2D eigenvalue weighted by atomic mass is 19.1. The molecule has 22 heavy (non-hydrogen) atoms. The Hall–Kier alpha value is -2.34. The van der Waals surface area contributed by atoms with E-state index in [1.54, 1.807) is 25.1 Å². The van der Waals surface area contributed by atoms with Crippen LogP contribution in [0.1, 0.15) is 34.7 Å². The summed E-state index contributed by atoms with van der Waals surface area (Å²) in [6, 6.07) is 8.13. The molecule has 0 aliphatic heterocycles. The van der Waals surface area contributed by atoms with E-state index in [1.807, 2.05) is 0 Å². The van der Waals surface area contributed by atoms with Gasteiger partial charge in [0.15, 0.2) is 0 Å². The van der Waals surface area contributed by atoms with Gasteiger partial charge in [0, 0.05) is 24.2 Å². The van der Waals surface area contributed by atoms with Gasteiger partial charge >= 0.3 is 5.97 Å². The topological polar surface area (TPSA) is 51.2 Å². The van der Waals surface area contributed by atoms with Gasteiger partial charge in [-0.25, -0.2) is 18.6 Å². The number of aromatic nitrogens is 1. The first-order valence-electron chi connectivity index (χ1n) is 6.74. The van der Waals surface area contributed by atoms with E-state index in [4.69, 9.17) is 0 Å². The number of nitrogens with zero attached hydrogens (tertiary/aromatic N) is 1. The van der Waals surface area contributed by atoms with E-state index in [9.17, 15) is 13.6 Å². The van der Waals surface area contributed by atoms with Crippen LogP contribution >= 0.6 is 0 Å². The van der Waals surface area contributed by atoms with Crippen LogP contribution in [0.5, 0.6) is 0 Å². The smallest absolute Gasteiger partial charge is 0.356 e. The van der Waals surface area contributed by atoms with Gasteiger partial charge in [-0.05, 0) is 25.1 Å². The van der Waals surface area contributed by atoms with Gasteiger partial charge in [0.1, 0.15) is 17.3 Å². The first kappa shape index (κ1) is 16.0. The number of carbonyl (C=O) groups is 1. The molecule has 0 aliphatic carbocycles. The minimum atomic E-state index is -0.610. The first-order valence-corrected chi connectivity index (χ1v) is 6.74. The number of methoxy groups -OCH3 is 1. The van der Waals surface area contributed by atoms with Gasteiger partial charge in [-0.15, -0.1) is 0 Å². The molecule has 0 radical (unpaired) electrons. The van der Waals surface area contributed by atoms with Crippen molar-refractivity contribution in [3.63, 3.8) is 0 Å². The summed E-state index contributed by atoms with van der Waals surface area (Å²) in [4.78, 5) is 15.6. The highest BCUT2D eigenvalue weighted by molar-refractivity contribution is 5.87. The summed E-state index contributed by atoms with van der Waals surface area (Å²) in [5, 5.41) is 3.08. The molecule has 1 N–H and O–H groups in total. The maximum absolute atomic E-state index is 13.7. The average molecular weight is 306 g/mol. The zero-order chi connectivity index (χ0) is 16.1. The molecule has 2 rings (SSSR count). The first-order chi connectivity index (χ1) is 10.5. The van der Waals surface area contributed by atoms with Crippen molar-refractivity contribution < 1.29 is 18.3 Å². The molecule has 6 heteroatoms. The van der Waals surface area contributed by atoms with E-state index in [0.29, 0.717) is 17.8 Å². The Bertz CT molecular complexity index is 677. The number of esters is 1. The third kappa shape index (κ3) is 3.85. The molecule has 1 aromatic heterocycles. The molecule has 0 aliphatic rings. The van der Waals surface area contributed by atoms with E-state index in [2.05, 4.69) is 15.0 Å². The Balaban J connectivity index is 2.04. The number of carbonyl (C=O) groups excluding carboxylic acids is 1. The number of hydrogen-bond acceptors (Lipinski definition) is 4. The summed E-state index contributed by atoms with van der Waals surface area (Å²) in [5.41, 5.74) is 1.20. The molecule has 0 saturated carbocycles. The maximum atomic E-state index is 13.7. The zero-order valence-electron chi connectivity index (χ0n) is 12.3. The Morgan fingerprint density at radius 3 is 2.77 bits per heavy atom. The van der Waals surface area contributed by atoms with Crippen molar-refractivity contribution in [1.82, 2.24) is 10.3 Å². The van der Waals surface area contributed by atoms with Gasteiger partial charge in [-0.3, -0.25) is 0 Å². The lowest BCUT2D eigenvalue weighted by molar-refractivity contribution is 0.0593. The van der Waals surface area contributed by atoms with Crippen LogP contribution in [0.2, 0.25) is 0 Å². The predicted octanol–water partition coefficient (Wildman–Crippen LogP) is 3.00. The number of benzene rings is 1. The van der Waals surface area contributed by atoms with Crippen LogP contribution in [0.25, 0.3) is 0 Å². The second-order valence-electron chi connectivity index (χ2n) is 4.77. The molecule has 1 atom stereocenters. The number of nitrogens with one attached hydrogen (secondary N) is 1. The molecule has 0 fully saturated rings. The lowest BCUT2D eigenvalue weighted by atomic mass is 10.1. The van der Waals surface area contributed by atoms with Crippen LogP contribution in [0.15, 0.2) is 36.4 Å². The lowest BCUT2D eigenvalue weighted by Crippen LogP contribution is -2.20. The van der Waals surface area contributed by atoms with E-state index in [1.165, 1.54) is 19.2 Å². The second-order valence-corrected chi connectivity index (χ2v) is 4.77. The molecule has 116 valence electrons. The SMILES string of the molecule is COC(=O)c1cccc(CNC(C)c2ccc(F)cc2F)n1. The van der Waals surface area contributed by atoms with Gasteiger partial charge in [0.25, 0.3) is 0 Å². The molecule has 1 unspecified atom stereocenters. The van der Waals surface area contributed by atoms with E-state index >= 15 is 0 Å². The van der Waals surface area contributed by atoms with Crippen LogP contribution in [0.4, 0.5) is 8.78 Å². The van der Waals surface area contributed by atoms with Crippen molar-refractivity contribution in [2.45, 2.75) is 19.5 Å². The standard InChI is InChI=1S/C16H16F2N2O2/c1-10(13-7-6-11(17)8-14(13)18)19-9-12-4-3-5-15(20-12)16(21)22-2/h3-8,10,19H,9H2,1-2H3. The molecule has 1 heterocycles. The number of hydrogen-bond donors (Lipinski definition) is 1. The van der Waals surface area contributed by atoms with E-state index < -0.39 is 17.6 Å². The van der Waals surface area contributed by atoms with E-state index in [0.717, 1.165) is 6.07 Å². The fraction of sp³-hybridized carbons (Fsp3) is 0.250. The summed E-state index contributed by atoms with van der Waals surface area (Å²) in [5.74, 6) is -1.73. The van der Waals surface area contributed by atoms with Crippen LogP contribution in [-0.4, -0.2) is 18.1 Å². The largest absolute Gasteiger partial charge is 0.464 e. The van der Waals surface area contributed by atoms with Crippen molar-refractivity contribution in [1.29, 1.82) is 0 Å². The van der Waals surface area contributed by atoms with E-state index in [-0.39, 0.29) is 11.7 Å². The molecule has 1 aromatic carbocycles. The van der Waals surface area contributed by atoms with Gasteiger partial charge in [0.05, 0.1) is 12.8 Å². The van der Waals surface area contributed by atoms with Crippen LogP contribution in [0, 0.1) is 11.6 Å². The normalized spacial score (nSPS) is 12.0. The maximum Gasteiger partial charge on any atom is 0.356 e. The fourth-order valence-corrected chi connectivity index (χ4v) is 2.02. The van der Waals surface area contributed by atoms with Crippen LogP contribution < -0.4 is 5.32 Å². The Morgan fingerprint density at radius 1 is 1.32 bits per heavy atom. The zero-order valence-corrected chi connectivity index (χ0v) is 12.3. The molecule has 4 nitrogen and oxygen atoms in total. The Morgan fingerprint density at radius 2 is 2.09 bits per heavy atom. The monoisotopic (exact) mass is 306 g/mol. The van der Waals surface area contributed by atoms with Crippen molar-refractivity contribution in [2.24, 2.45) is 0 Å². The highest BCUT2D eigenvalue weighted by Gasteiger charge is 2.12. The number of halogens is 2. The van der Waals surface area contributed by atoms with Crippen LogP contribution in [0.3, 0.4) is 0 Å². The fourth-order valence-electron chi connectivity index (χ4n) is 2.02. The molecule has 0 spiro atoms. The number of ether oxygens (including phenoxy) is 1. The highest BCUT2D eigenvalue weighted by Crippen LogP contribution is 2.18. The summed E-state index contributed by atoms with van der Waals surface area (Å²) in [6.07, 6.45) is 0. The third-order valence-corrected chi connectivity index (χ3v) is 3.22. The predicted molar refractivity (Wildman–Crippen MR) is 77.2 cm³/mol. The summed E-state index contributed by atoms with van der Waals surface area (Å²) in [7, 11) is 1.29. The molecular weight excluding hydrogens is 290 g/mol. The van der Waals surface area contributed by atoms with Crippen molar-refractivity contribution in [3.05, 3.63) is 65.0 Å². The quantitative estimate of drug-likeness (QED) is 0.863. The molecule has 0 amide bonds.